The van der Waals surface area contributed by atoms with E-state index in [4.69, 9.17) is 4.74 Å². The van der Waals surface area contributed by atoms with Crippen molar-refractivity contribution in [2.45, 2.75) is 44.4 Å². The van der Waals surface area contributed by atoms with Gasteiger partial charge in [0.1, 0.15) is 12.3 Å². The molecule has 9 heteroatoms. The number of amides is 2. The minimum Gasteiger partial charge on any atom is -0.483 e. The first-order valence-electron chi connectivity index (χ1n) is 11.0. The highest BCUT2D eigenvalue weighted by Gasteiger charge is 2.39. The number of ether oxygens (including phenoxy) is 1. The second kappa shape index (κ2) is 9.70. The monoisotopic (exact) mass is 442 g/mol. The number of aliphatic hydroxyl groups excluding tert-OH is 2. The molecule has 3 N–H and O–H groups in total. The van der Waals surface area contributed by atoms with Gasteiger partial charge in [-0.05, 0) is 36.3 Å². The Morgan fingerprint density at radius 2 is 2.00 bits per heavy atom. The maximum atomic E-state index is 12.6. The summed E-state index contributed by atoms with van der Waals surface area (Å²) in [6.45, 7) is 1.56. The van der Waals surface area contributed by atoms with Crippen LogP contribution in [0.25, 0.3) is 0 Å². The molecule has 0 bridgehead atoms. The van der Waals surface area contributed by atoms with Gasteiger partial charge in [0.05, 0.1) is 18.5 Å². The van der Waals surface area contributed by atoms with Gasteiger partial charge in [0.2, 0.25) is 5.91 Å². The number of benzene rings is 1. The highest BCUT2D eigenvalue weighted by Crippen LogP contribution is 2.37. The number of carbonyl (C=O) groups is 2. The highest BCUT2D eigenvalue weighted by atomic mass is 16.5. The SMILES string of the molecule is O=C1COc2ccccc2C[C@H](O)[C@H](O)CC2(CCN(C(=O)Cn3ccnc3)CC2)CN1. The molecule has 172 valence electrons. The van der Waals surface area contributed by atoms with Crippen molar-refractivity contribution in [1.82, 2.24) is 19.8 Å². The summed E-state index contributed by atoms with van der Waals surface area (Å²) in [5.74, 6) is 0.322. The summed E-state index contributed by atoms with van der Waals surface area (Å²) < 4.78 is 7.40. The van der Waals surface area contributed by atoms with E-state index >= 15 is 0 Å². The van der Waals surface area contributed by atoms with E-state index in [1.54, 1.807) is 29.4 Å². The predicted molar refractivity (Wildman–Crippen MR) is 116 cm³/mol. The summed E-state index contributed by atoms with van der Waals surface area (Å²) in [4.78, 5) is 30.8. The molecule has 3 heterocycles. The first-order chi connectivity index (χ1) is 15.4. The molecule has 2 atom stereocenters. The van der Waals surface area contributed by atoms with Crippen LogP contribution in [0.15, 0.2) is 43.0 Å². The van der Waals surface area contributed by atoms with Crippen LogP contribution in [0.3, 0.4) is 0 Å². The Hall–Kier alpha value is -2.91. The van der Waals surface area contributed by atoms with Crippen molar-refractivity contribution >= 4 is 11.8 Å². The van der Waals surface area contributed by atoms with Crippen molar-refractivity contribution in [2.75, 3.05) is 26.2 Å². The molecular formula is C23H30N4O5. The Labute approximate surface area is 187 Å². The Bertz CT molecular complexity index is 924. The van der Waals surface area contributed by atoms with Crippen molar-refractivity contribution in [3.8, 4) is 5.75 Å². The largest absolute Gasteiger partial charge is 0.483 e. The number of piperidine rings is 1. The summed E-state index contributed by atoms with van der Waals surface area (Å²) in [5, 5.41) is 24.4. The van der Waals surface area contributed by atoms with Gasteiger partial charge in [0, 0.05) is 38.4 Å². The topological polar surface area (TPSA) is 117 Å². The number of nitrogens with zero attached hydrogens (tertiary/aromatic N) is 3. The molecule has 4 rings (SSSR count). The van der Waals surface area contributed by atoms with Crippen LogP contribution in [-0.2, 0) is 22.6 Å². The first-order valence-corrected chi connectivity index (χ1v) is 11.0. The van der Waals surface area contributed by atoms with E-state index < -0.39 is 17.6 Å². The van der Waals surface area contributed by atoms with Gasteiger partial charge < -0.3 is 29.7 Å². The van der Waals surface area contributed by atoms with E-state index in [1.807, 2.05) is 23.1 Å². The normalized spacial score (nSPS) is 23.9. The third-order valence-corrected chi connectivity index (χ3v) is 6.56. The van der Waals surface area contributed by atoms with Crippen LogP contribution in [-0.4, -0.2) is 74.9 Å². The molecule has 2 aliphatic rings. The summed E-state index contributed by atoms with van der Waals surface area (Å²) in [6, 6.07) is 7.23. The molecule has 1 aromatic carbocycles. The fourth-order valence-electron chi connectivity index (χ4n) is 4.55. The van der Waals surface area contributed by atoms with Gasteiger partial charge >= 0.3 is 0 Å². The number of carbonyl (C=O) groups excluding carboxylic acids is 2. The van der Waals surface area contributed by atoms with E-state index in [0.717, 1.165) is 5.56 Å². The zero-order valence-corrected chi connectivity index (χ0v) is 18.0. The van der Waals surface area contributed by atoms with E-state index in [0.29, 0.717) is 44.6 Å². The van der Waals surface area contributed by atoms with Crippen LogP contribution < -0.4 is 10.1 Å². The highest BCUT2D eigenvalue weighted by molar-refractivity contribution is 5.77. The molecule has 1 aromatic heterocycles. The summed E-state index contributed by atoms with van der Waals surface area (Å²) in [6.07, 6.45) is 4.95. The fraction of sp³-hybridized carbons (Fsp3) is 0.522. The Morgan fingerprint density at radius 1 is 1.22 bits per heavy atom. The number of hydrogen-bond acceptors (Lipinski definition) is 6. The molecule has 2 aliphatic heterocycles. The molecular weight excluding hydrogens is 412 g/mol. The van der Waals surface area contributed by atoms with Gasteiger partial charge in [-0.1, -0.05) is 18.2 Å². The van der Waals surface area contributed by atoms with Crippen LogP contribution in [0.4, 0.5) is 0 Å². The maximum absolute atomic E-state index is 12.6. The lowest BCUT2D eigenvalue weighted by Crippen LogP contribution is -2.51. The van der Waals surface area contributed by atoms with Gasteiger partial charge in [-0.3, -0.25) is 9.59 Å². The quantitative estimate of drug-likeness (QED) is 0.618. The second-order valence-corrected chi connectivity index (χ2v) is 8.83. The van der Waals surface area contributed by atoms with Crippen molar-refractivity contribution < 1.29 is 24.5 Å². The number of aliphatic hydroxyl groups is 2. The van der Waals surface area contributed by atoms with Crippen molar-refractivity contribution in [3.05, 3.63) is 48.5 Å². The summed E-state index contributed by atoms with van der Waals surface area (Å²) >= 11 is 0. The Balaban J connectivity index is 1.44. The first kappa shape index (κ1) is 22.3. The number of fused-ring (bicyclic) bond motifs is 1. The number of likely N-dealkylation sites (tertiary alicyclic amines) is 1. The molecule has 0 aliphatic carbocycles. The van der Waals surface area contributed by atoms with Crippen LogP contribution in [0, 0.1) is 5.41 Å². The minimum absolute atomic E-state index is 0.0145. The van der Waals surface area contributed by atoms with Crippen molar-refractivity contribution in [3.63, 3.8) is 0 Å². The molecule has 2 amide bonds. The van der Waals surface area contributed by atoms with Crippen LogP contribution in [0.2, 0.25) is 0 Å². The third-order valence-electron chi connectivity index (χ3n) is 6.56. The number of rotatable bonds is 2. The van der Waals surface area contributed by atoms with E-state index in [1.165, 1.54) is 0 Å². The number of hydrogen-bond donors (Lipinski definition) is 3. The standard InChI is InChI=1S/C23H30N4O5/c28-18-11-17-3-1-2-4-20(17)32-14-21(30)25-15-23(12-19(18)29)5-8-27(9-6-23)22(31)13-26-10-7-24-16-26/h1-4,7,10,16,18-19,28-29H,5-6,8-9,11-15H2,(H,25,30)/t18-,19+/m0/s1. The molecule has 2 aromatic rings. The Kier molecular flexibility index (Phi) is 6.76. The van der Waals surface area contributed by atoms with E-state index in [9.17, 15) is 19.8 Å². The number of imidazole rings is 1. The van der Waals surface area contributed by atoms with Gasteiger partial charge in [-0.15, -0.1) is 0 Å². The molecule has 0 saturated carbocycles. The lowest BCUT2D eigenvalue weighted by molar-refractivity contribution is -0.135. The number of para-hydroxylation sites is 1. The van der Waals surface area contributed by atoms with Crippen molar-refractivity contribution in [2.24, 2.45) is 5.41 Å². The predicted octanol–water partition coefficient (Wildman–Crippen LogP) is 0.355. The average molecular weight is 443 g/mol. The van der Waals surface area contributed by atoms with Crippen LogP contribution >= 0.6 is 0 Å². The smallest absolute Gasteiger partial charge is 0.257 e. The number of nitrogens with one attached hydrogen (secondary N) is 1. The molecule has 0 unspecified atom stereocenters. The third kappa shape index (κ3) is 5.28. The average Bonchev–Trinajstić information content (AvgIpc) is 3.30. The van der Waals surface area contributed by atoms with E-state index in [-0.39, 0.29) is 31.4 Å². The van der Waals surface area contributed by atoms with Gasteiger partial charge in [0.15, 0.2) is 6.61 Å². The van der Waals surface area contributed by atoms with Crippen LogP contribution in [0.1, 0.15) is 24.8 Å². The molecule has 1 saturated heterocycles. The van der Waals surface area contributed by atoms with Crippen molar-refractivity contribution in [1.29, 1.82) is 0 Å². The van der Waals surface area contributed by atoms with Gasteiger partial charge in [-0.2, -0.15) is 0 Å². The zero-order valence-electron chi connectivity index (χ0n) is 18.0. The molecule has 9 nitrogen and oxygen atoms in total. The van der Waals surface area contributed by atoms with E-state index in [2.05, 4.69) is 10.3 Å². The summed E-state index contributed by atoms with van der Waals surface area (Å²) in [5.41, 5.74) is 0.349. The molecule has 32 heavy (non-hydrogen) atoms. The lowest BCUT2D eigenvalue weighted by atomic mass is 9.73. The second-order valence-electron chi connectivity index (χ2n) is 8.83. The molecule has 1 fully saturated rings. The summed E-state index contributed by atoms with van der Waals surface area (Å²) in [7, 11) is 0. The lowest BCUT2D eigenvalue weighted by Gasteiger charge is -2.43. The zero-order chi connectivity index (χ0) is 22.6. The van der Waals surface area contributed by atoms with Crippen LogP contribution in [0.5, 0.6) is 5.75 Å². The number of aromatic nitrogens is 2. The fourth-order valence-corrected chi connectivity index (χ4v) is 4.55. The minimum atomic E-state index is -0.951. The Morgan fingerprint density at radius 3 is 2.75 bits per heavy atom. The molecule has 1 spiro atoms. The van der Waals surface area contributed by atoms with Gasteiger partial charge in [0.25, 0.3) is 5.91 Å². The molecule has 0 radical (unpaired) electrons. The maximum Gasteiger partial charge on any atom is 0.257 e. The van der Waals surface area contributed by atoms with Gasteiger partial charge in [-0.25, -0.2) is 4.98 Å².